The number of carbonyl (C=O) groups is 4. The first-order valence-electron chi connectivity index (χ1n) is 13.6. The molecule has 6 unspecified atom stereocenters. The van der Waals surface area contributed by atoms with Crippen molar-refractivity contribution >= 4 is 37.4 Å². The molecular formula is C25H39N4O15P. The minimum Gasteiger partial charge on any atom is -0.468 e. The van der Waals surface area contributed by atoms with Gasteiger partial charge in [0.15, 0.2) is 6.23 Å². The number of methoxy groups -OCH3 is 2. The van der Waals surface area contributed by atoms with Crippen LogP contribution in [0.4, 0.5) is 5.82 Å². The van der Waals surface area contributed by atoms with Gasteiger partial charge >= 0.3 is 37.3 Å². The van der Waals surface area contributed by atoms with Gasteiger partial charge in [0, 0.05) is 20.2 Å². The van der Waals surface area contributed by atoms with Crippen LogP contribution in [0.5, 0.6) is 0 Å². The number of aromatic nitrogens is 2. The molecule has 0 amide bonds. The first-order valence-corrected chi connectivity index (χ1v) is 15.2. The Labute approximate surface area is 258 Å². The number of nitrogens with two attached hydrogens (primary N) is 1. The van der Waals surface area contributed by atoms with Crippen molar-refractivity contribution in [3.05, 3.63) is 22.7 Å². The third-order valence-corrected chi connectivity index (χ3v) is 8.02. The van der Waals surface area contributed by atoms with Crippen molar-refractivity contribution in [2.75, 3.05) is 53.0 Å². The fourth-order valence-electron chi connectivity index (χ4n) is 4.02. The summed E-state index contributed by atoms with van der Waals surface area (Å²) >= 11 is 0. The highest BCUT2D eigenvalue weighted by molar-refractivity contribution is 7.51. The molecule has 20 heteroatoms. The maximum atomic E-state index is 14.0. The Bertz CT molecular complexity index is 1290. The van der Waals surface area contributed by atoms with Crippen LogP contribution in [0.25, 0.3) is 0 Å². The van der Waals surface area contributed by atoms with Crippen molar-refractivity contribution in [3.8, 4) is 0 Å². The third-order valence-electron chi connectivity index (χ3n) is 6.36. The molecular weight excluding hydrogens is 627 g/mol. The lowest BCUT2D eigenvalue weighted by atomic mass is 9.90. The lowest BCUT2D eigenvalue weighted by Gasteiger charge is -2.30. The standard InChI is InChI=1S/C25H39N4O15P/c1-7-39-22(33)25(12-41-15(4)30,23(34)40-8-2)13-43-45(36,28-14(3)21(32)38-6)42-11-16-18(31)19(37-5)20(44-16)29-10-9-17(26)27-24(29)35/h9-10,14,16,18-20,31H,7-8,11-13H2,1-6H3,(H,28,36)(H2,26,27,35). The van der Waals surface area contributed by atoms with Crippen molar-refractivity contribution in [1.82, 2.24) is 14.6 Å². The van der Waals surface area contributed by atoms with Gasteiger partial charge in [0.2, 0.25) is 5.41 Å². The number of esters is 4. The van der Waals surface area contributed by atoms with E-state index in [1.54, 1.807) is 0 Å². The number of ether oxygens (including phenoxy) is 6. The van der Waals surface area contributed by atoms with Crippen molar-refractivity contribution in [2.45, 2.75) is 58.3 Å². The van der Waals surface area contributed by atoms with E-state index < -0.39 is 93.1 Å². The summed E-state index contributed by atoms with van der Waals surface area (Å²) in [6.07, 6.45) is -3.84. The summed E-state index contributed by atoms with van der Waals surface area (Å²) in [6, 6.07) is -0.00885. The van der Waals surface area contributed by atoms with Crippen LogP contribution in [0, 0.1) is 5.41 Å². The van der Waals surface area contributed by atoms with Crippen LogP contribution in [0.3, 0.4) is 0 Å². The van der Waals surface area contributed by atoms with Gasteiger partial charge in [-0.15, -0.1) is 0 Å². The summed E-state index contributed by atoms with van der Waals surface area (Å²) in [5, 5.41) is 13.2. The van der Waals surface area contributed by atoms with E-state index in [0.717, 1.165) is 18.6 Å². The smallest absolute Gasteiger partial charge is 0.406 e. The monoisotopic (exact) mass is 666 g/mol. The lowest BCUT2D eigenvalue weighted by molar-refractivity contribution is -0.181. The summed E-state index contributed by atoms with van der Waals surface area (Å²) in [4.78, 5) is 65.9. The van der Waals surface area contributed by atoms with Crippen LogP contribution in [0.1, 0.15) is 33.9 Å². The van der Waals surface area contributed by atoms with Gasteiger partial charge in [0.25, 0.3) is 0 Å². The molecule has 0 radical (unpaired) electrons. The first kappa shape index (κ1) is 37.7. The molecule has 45 heavy (non-hydrogen) atoms. The highest BCUT2D eigenvalue weighted by Gasteiger charge is 2.53. The number of nitrogen functional groups attached to an aromatic ring is 1. The second-order valence-corrected chi connectivity index (χ2v) is 11.3. The van der Waals surface area contributed by atoms with Crippen LogP contribution in [0.2, 0.25) is 0 Å². The number of nitrogens with one attached hydrogen (secondary N) is 1. The predicted octanol–water partition coefficient (Wildman–Crippen LogP) is -0.933. The Morgan fingerprint density at radius 3 is 2.27 bits per heavy atom. The van der Waals surface area contributed by atoms with E-state index in [2.05, 4.69) is 14.8 Å². The Morgan fingerprint density at radius 1 is 1.13 bits per heavy atom. The maximum Gasteiger partial charge on any atom is 0.406 e. The van der Waals surface area contributed by atoms with Crippen LogP contribution in [-0.4, -0.2) is 110 Å². The second kappa shape index (κ2) is 16.7. The number of hydrogen-bond donors (Lipinski definition) is 3. The van der Waals surface area contributed by atoms with Crippen molar-refractivity contribution in [1.29, 1.82) is 0 Å². The molecule has 0 aromatic carbocycles. The van der Waals surface area contributed by atoms with Gasteiger partial charge < -0.3 is 39.3 Å². The number of nitrogens with zero attached hydrogens (tertiary/aromatic N) is 2. The van der Waals surface area contributed by atoms with Gasteiger partial charge in [-0.1, -0.05) is 0 Å². The summed E-state index contributed by atoms with van der Waals surface area (Å²) < 4.78 is 56.8. The molecule has 19 nitrogen and oxygen atoms in total. The molecule has 2 heterocycles. The molecule has 1 fully saturated rings. The van der Waals surface area contributed by atoms with E-state index in [1.165, 1.54) is 40.1 Å². The molecule has 0 saturated carbocycles. The van der Waals surface area contributed by atoms with Gasteiger partial charge in [-0.2, -0.15) is 4.98 Å². The van der Waals surface area contributed by atoms with Crippen LogP contribution in [0.15, 0.2) is 17.1 Å². The Balaban J connectivity index is 2.42. The molecule has 6 atom stereocenters. The molecule has 1 aliphatic rings. The number of carbonyl (C=O) groups excluding carboxylic acids is 4. The Hall–Kier alpha value is -3.45. The van der Waals surface area contributed by atoms with E-state index in [1.807, 2.05) is 0 Å². The number of aliphatic hydroxyl groups excluding tert-OH is 1. The average molecular weight is 667 g/mol. The predicted molar refractivity (Wildman–Crippen MR) is 150 cm³/mol. The number of aliphatic hydroxyl groups is 1. The molecule has 1 saturated heterocycles. The summed E-state index contributed by atoms with van der Waals surface area (Å²) in [5.41, 5.74) is 2.27. The quantitative estimate of drug-likeness (QED) is 0.0785. The molecule has 0 spiro atoms. The van der Waals surface area contributed by atoms with Crippen molar-refractivity contribution in [3.63, 3.8) is 0 Å². The van der Waals surface area contributed by atoms with E-state index in [4.69, 9.17) is 38.5 Å². The van der Waals surface area contributed by atoms with Crippen LogP contribution >= 0.6 is 7.75 Å². The lowest BCUT2D eigenvalue weighted by Crippen LogP contribution is -2.50. The highest BCUT2D eigenvalue weighted by atomic mass is 31.2. The van der Waals surface area contributed by atoms with E-state index in [9.17, 15) is 33.6 Å². The maximum absolute atomic E-state index is 14.0. The zero-order valence-corrected chi connectivity index (χ0v) is 26.6. The van der Waals surface area contributed by atoms with E-state index in [0.29, 0.717) is 0 Å². The molecule has 4 N–H and O–H groups in total. The number of rotatable bonds is 17. The molecule has 1 aliphatic heterocycles. The molecule has 0 aliphatic carbocycles. The number of anilines is 1. The minimum absolute atomic E-state index is 0.0528. The van der Waals surface area contributed by atoms with Gasteiger partial charge in [0.05, 0.1) is 33.5 Å². The summed E-state index contributed by atoms with van der Waals surface area (Å²) in [7, 11) is -2.43. The largest absolute Gasteiger partial charge is 0.468 e. The normalized spacial score (nSPS) is 21.8. The SMILES string of the molecule is CCOC(=O)C(COC(C)=O)(COP(=O)(NC(C)C(=O)OC)OCC1OC(n2ccc(N)nc2=O)C(OC)C1O)C(=O)OCC. The molecule has 0 bridgehead atoms. The molecule has 1 aromatic rings. The summed E-state index contributed by atoms with van der Waals surface area (Å²) in [6.45, 7) is 2.09. The van der Waals surface area contributed by atoms with Gasteiger partial charge in [0.1, 0.15) is 36.8 Å². The van der Waals surface area contributed by atoms with Gasteiger partial charge in [-0.3, -0.25) is 32.8 Å². The fourth-order valence-corrected chi connectivity index (χ4v) is 5.56. The molecule has 2 rings (SSSR count). The van der Waals surface area contributed by atoms with E-state index in [-0.39, 0.29) is 19.0 Å². The van der Waals surface area contributed by atoms with Crippen molar-refractivity contribution < 1.29 is 66.3 Å². The Kier molecular flexibility index (Phi) is 14.0. The van der Waals surface area contributed by atoms with Crippen LogP contribution in [-0.2, 0) is 61.2 Å². The fraction of sp³-hybridized carbons (Fsp3) is 0.680. The van der Waals surface area contributed by atoms with Gasteiger partial charge in [-0.25, -0.2) is 14.4 Å². The van der Waals surface area contributed by atoms with Crippen LogP contribution < -0.4 is 16.5 Å². The van der Waals surface area contributed by atoms with Crippen molar-refractivity contribution in [2.24, 2.45) is 5.41 Å². The Morgan fingerprint density at radius 2 is 1.76 bits per heavy atom. The summed E-state index contributed by atoms with van der Waals surface area (Å²) in [5.74, 6) is -4.26. The second-order valence-electron chi connectivity index (χ2n) is 9.54. The zero-order chi connectivity index (χ0) is 33.9. The van der Waals surface area contributed by atoms with Gasteiger partial charge in [-0.05, 0) is 26.8 Å². The third kappa shape index (κ3) is 9.52. The molecule has 1 aromatic heterocycles. The highest BCUT2D eigenvalue weighted by Crippen LogP contribution is 2.47. The average Bonchev–Trinajstić information content (AvgIpc) is 3.30. The molecule has 254 valence electrons. The zero-order valence-electron chi connectivity index (χ0n) is 25.7. The minimum atomic E-state index is -4.75. The number of hydrogen-bond acceptors (Lipinski definition) is 17. The topological polar surface area (TPSA) is 252 Å². The van der Waals surface area contributed by atoms with E-state index >= 15 is 0 Å². The first-order chi connectivity index (χ1) is 21.2.